The quantitative estimate of drug-likeness (QED) is 0.555. The van der Waals surface area contributed by atoms with E-state index in [4.69, 9.17) is 9.97 Å². The maximum absolute atomic E-state index is 4.80. The highest BCUT2D eigenvalue weighted by molar-refractivity contribution is 5.90. The number of benzene rings is 2. The van der Waals surface area contributed by atoms with E-state index in [1.54, 1.807) is 0 Å². The van der Waals surface area contributed by atoms with E-state index >= 15 is 0 Å². The lowest BCUT2D eigenvalue weighted by atomic mass is 9.91. The summed E-state index contributed by atoms with van der Waals surface area (Å²) in [6.07, 6.45) is 4.63. The van der Waals surface area contributed by atoms with Crippen molar-refractivity contribution >= 4 is 22.7 Å². The molecule has 0 unspecified atom stereocenters. The highest BCUT2D eigenvalue weighted by Gasteiger charge is 2.22. The number of aromatic nitrogens is 2. The lowest BCUT2D eigenvalue weighted by Crippen LogP contribution is -2.37. The second-order valence-corrected chi connectivity index (χ2v) is 8.79. The van der Waals surface area contributed by atoms with E-state index in [2.05, 4.69) is 59.7 Å². The first kappa shape index (κ1) is 23.0. The van der Waals surface area contributed by atoms with Crippen LogP contribution >= 0.6 is 0 Å². The normalized spacial score (nSPS) is 18.5. The summed E-state index contributed by atoms with van der Waals surface area (Å²) >= 11 is 0. The zero-order valence-electron chi connectivity index (χ0n) is 18.6. The van der Waals surface area contributed by atoms with Crippen LogP contribution in [-0.4, -0.2) is 36.1 Å². The Balaban J connectivity index is 0.00000272. The minimum Gasteiger partial charge on any atom is -0.362 e. The molecule has 1 saturated carbocycles. The summed E-state index contributed by atoms with van der Waals surface area (Å²) < 4.78 is 0. The molecule has 1 aliphatic carbocycles. The average Bonchev–Trinajstić information content (AvgIpc) is 2.74. The van der Waals surface area contributed by atoms with E-state index < -0.39 is 0 Å². The van der Waals surface area contributed by atoms with Crippen molar-refractivity contribution in [3.8, 4) is 0 Å². The third-order valence-electron chi connectivity index (χ3n) is 6.15. The Morgan fingerprint density at radius 3 is 2.39 bits per heavy atom. The number of rotatable bonds is 6. The summed E-state index contributed by atoms with van der Waals surface area (Å²) in [5.41, 5.74) is 5.10. The molecule has 0 radical (unpaired) electrons. The fraction of sp³-hybridized carbons (Fsp3) is 0.462. The molecule has 1 heterocycles. The molecule has 0 bridgehead atoms. The molecule has 0 spiro atoms. The number of hydrogen-bond acceptors (Lipinski definition) is 5. The van der Waals surface area contributed by atoms with Crippen molar-refractivity contribution in [3.05, 3.63) is 59.2 Å². The molecule has 0 aliphatic heterocycles. The van der Waals surface area contributed by atoms with Crippen LogP contribution in [0.3, 0.4) is 0 Å². The van der Waals surface area contributed by atoms with Gasteiger partial charge in [-0.05, 0) is 62.8 Å². The third kappa shape index (κ3) is 5.53. The van der Waals surface area contributed by atoms with Gasteiger partial charge in [-0.3, -0.25) is 0 Å². The average molecular weight is 420 g/mol. The number of aryl methyl sites for hydroxylation is 2. The summed E-state index contributed by atoms with van der Waals surface area (Å²) in [5.74, 6) is 1.70. The maximum Gasteiger partial charge on any atom is 0.225 e. The molecule has 5 heteroatoms. The van der Waals surface area contributed by atoms with Crippen LogP contribution < -0.4 is 15.5 Å². The number of fused-ring (bicyclic) bond motifs is 1. The Kier molecular flexibility index (Phi) is 7.50. The highest BCUT2D eigenvalue weighted by Crippen LogP contribution is 2.26. The van der Waals surface area contributed by atoms with E-state index in [0.717, 1.165) is 42.1 Å². The van der Waals surface area contributed by atoms with Gasteiger partial charge >= 0.3 is 0 Å². The summed E-state index contributed by atoms with van der Waals surface area (Å²) in [6.45, 7) is 5.31. The Labute approximate surface area is 187 Å². The van der Waals surface area contributed by atoms with Crippen LogP contribution in [0, 0.1) is 13.8 Å². The first-order chi connectivity index (χ1) is 14.5. The van der Waals surface area contributed by atoms with Crippen molar-refractivity contribution in [2.75, 3.05) is 24.3 Å². The minimum absolute atomic E-state index is 0. The third-order valence-corrected chi connectivity index (χ3v) is 6.15. The summed E-state index contributed by atoms with van der Waals surface area (Å²) in [5, 5.41) is 8.47. The number of para-hydroxylation sites is 1. The standard InChI is InChI=1S/C25H33N5.CH4/c1-17-9-10-18(2)19(15-17)16-26-20-11-13-21(14-12-20)27-25-28-23-8-6-5-7-22(23)24(29-25)30(3)4;/h5-10,15,20-21,26H,11-14,16H2,1-4H3,(H,27,28,29);1H4. The van der Waals surface area contributed by atoms with E-state index in [9.17, 15) is 0 Å². The van der Waals surface area contributed by atoms with Crippen molar-refractivity contribution in [2.45, 2.75) is 65.6 Å². The van der Waals surface area contributed by atoms with Crippen molar-refractivity contribution < 1.29 is 0 Å². The van der Waals surface area contributed by atoms with Crippen molar-refractivity contribution in [1.29, 1.82) is 0 Å². The molecule has 1 aromatic heterocycles. The van der Waals surface area contributed by atoms with Gasteiger partial charge in [-0.15, -0.1) is 0 Å². The van der Waals surface area contributed by atoms with Gasteiger partial charge in [0.2, 0.25) is 5.95 Å². The van der Waals surface area contributed by atoms with E-state index in [-0.39, 0.29) is 7.43 Å². The predicted molar refractivity (Wildman–Crippen MR) is 133 cm³/mol. The molecule has 0 saturated heterocycles. The lowest BCUT2D eigenvalue weighted by molar-refractivity contribution is 0.352. The minimum atomic E-state index is 0. The zero-order chi connectivity index (χ0) is 21.1. The van der Waals surface area contributed by atoms with Crippen LogP contribution in [0.5, 0.6) is 0 Å². The molecule has 31 heavy (non-hydrogen) atoms. The Morgan fingerprint density at radius 1 is 0.935 bits per heavy atom. The largest absolute Gasteiger partial charge is 0.362 e. The van der Waals surface area contributed by atoms with Gasteiger partial charge in [-0.2, -0.15) is 4.98 Å². The van der Waals surface area contributed by atoms with E-state index in [1.165, 1.54) is 29.5 Å². The molecular formula is C26H37N5. The smallest absolute Gasteiger partial charge is 0.225 e. The van der Waals surface area contributed by atoms with E-state index in [0.29, 0.717) is 12.1 Å². The topological polar surface area (TPSA) is 53.1 Å². The second kappa shape index (κ2) is 10.1. The van der Waals surface area contributed by atoms with Gasteiger partial charge in [-0.25, -0.2) is 4.98 Å². The van der Waals surface area contributed by atoms with Crippen LogP contribution in [-0.2, 0) is 6.54 Å². The molecule has 166 valence electrons. The van der Waals surface area contributed by atoms with Crippen LogP contribution in [0.1, 0.15) is 49.8 Å². The van der Waals surface area contributed by atoms with Crippen molar-refractivity contribution in [2.24, 2.45) is 0 Å². The van der Waals surface area contributed by atoms with Gasteiger partial charge < -0.3 is 15.5 Å². The van der Waals surface area contributed by atoms with Gasteiger partial charge in [0.05, 0.1) is 5.52 Å². The Hall–Kier alpha value is -2.66. The molecule has 4 rings (SSSR count). The van der Waals surface area contributed by atoms with Crippen LogP contribution in [0.15, 0.2) is 42.5 Å². The van der Waals surface area contributed by atoms with E-state index in [1.807, 2.05) is 26.2 Å². The summed E-state index contributed by atoms with van der Waals surface area (Å²) in [4.78, 5) is 11.6. The zero-order valence-corrected chi connectivity index (χ0v) is 18.6. The molecule has 1 aliphatic rings. The molecule has 1 fully saturated rings. The number of anilines is 2. The first-order valence-corrected chi connectivity index (χ1v) is 11.0. The molecule has 3 aromatic rings. The SMILES string of the molecule is C.Cc1ccc(C)c(CNC2CCC(Nc3nc(N(C)C)c4ccccc4n3)CC2)c1. The molecule has 2 aromatic carbocycles. The molecule has 2 N–H and O–H groups in total. The Morgan fingerprint density at radius 2 is 1.65 bits per heavy atom. The van der Waals surface area contributed by atoms with Gasteiger partial charge in [-0.1, -0.05) is 43.3 Å². The maximum atomic E-state index is 4.80. The number of nitrogens with zero attached hydrogens (tertiary/aromatic N) is 3. The van der Waals surface area contributed by atoms with Crippen LogP contribution in [0.25, 0.3) is 10.9 Å². The van der Waals surface area contributed by atoms with Crippen molar-refractivity contribution in [1.82, 2.24) is 15.3 Å². The fourth-order valence-electron chi connectivity index (χ4n) is 4.33. The second-order valence-electron chi connectivity index (χ2n) is 8.79. The number of hydrogen-bond donors (Lipinski definition) is 2. The molecule has 0 amide bonds. The summed E-state index contributed by atoms with van der Waals surface area (Å²) in [7, 11) is 4.07. The van der Waals surface area contributed by atoms with Crippen LogP contribution in [0.2, 0.25) is 0 Å². The van der Waals surface area contributed by atoms with Gasteiger partial charge in [0.25, 0.3) is 0 Å². The molecule has 5 nitrogen and oxygen atoms in total. The van der Waals surface area contributed by atoms with Crippen molar-refractivity contribution in [3.63, 3.8) is 0 Å². The highest BCUT2D eigenvalue weighted by atomic mass is 15.2. The lowest BCUT2D eigenvalue weighted by Gasteiger charge is -2.30. The monoisotopic (exact) mass is 419 g/mol. The molecule has 0 atom stereocenters. The van der Waals surface area contributed by atoms with Crippen LogP contribution in [0.4, 0.5) is 11.8 Å². The first-order valence-electron chi connectivity index (χ1n) is 11.0. The summed E-state index contributed by atoms with van der Waals surface area (Å²) in [6, 6.07) is 15.9. The molecular weight excluding hydrogens is 382 g/mol. The fourth-order valence-corrected chi connectivity index (χ4v) is 4.33. The predicted octanol–water partition coefficient (Wildman–Crippen LogP) is 5.46. The van der Waals surface area contributed by atoms with Gasteiger partial charge in [0.1, 0.15) is 5.82 Å². The Bertz CT molecular complexity index is 1010. The number of nitrogens with one attached hydrogen (secondary N) is 2. The van der Waals surface area contributed by atoms with Gasteiger partial charge in [0, 0.05) is 38.1 Å². The van der Waals surface area contributed by atoms with Gasteiger partial charge in [0.15, 0.2) is 0 Å².